The molecule has 6 heteroatoms. The third-order valence-electron chi connectivity index (χ3n) is 5.49. The molecule has 0 spiro atoms. The first-order chi connectivity index (χ1) is 15.0. The van der Waals surface area contributed by atoms with E-state index in [1.165, 1.54) is 5.56 Å². The van der Waals surface area contributed by atoms with E-state index in [0.29, 0.717) is 25.1 Å². The van der Waals surface area contributed by atoms with Crippen molar-refractivity contribution in [2.45, 2.75) is 45.7 Å². The second kappa shape index (κ2) is 11.0. The van der Waals surface area contributed by atoms with Crippen LogP contribution < -0.4 is 15.8 Å². The van der Waals surface area contributed by atoms with Gasteiger partial charge >= 0.3 is 0 Å². The number of aliphatic hydroxyl groups excluding tert-OH is 1. The number of amides is 1. The molecule has 0 unspecified atom stereocenters. The molecule has 0 aliphatic heterocycles. The predicted molar refractivity (Wildman–Crippen MR) is 125 cm³/mol. The van der Waals surface area contributed by atoms with Gasteiger partial charge in [0.15, 0.2) is 0 Å². The largest absolute Gasteiger partial charge is 0.492 e. The summed E-state index contributed by atoms with van der Waals surface area (Å²) in [6.45, 7) is 6.35. The topological polar surface area (TPSA) is 89.5 Å². The number of benzene rings is 2. The molecule has 0 radical (unpaired) electrons. The number of nitrogens with two attached hydrogens (primary N) is 1. The van der Waals surface area contributed by atoms with Crippen LogP contribution in [-0.4, -0.2) is 41.4 Å². The average Bonchev–Trinajstić information content (AvgIpc) is 3.17. The minimum atomic E-state index is -0.431. The summed E-state index contributed by atoms with van der Waals surface area (Å²) in [7, 11) is 0. The highest BCUT2D eigenvalue weighted by Crippen LogP contribution is 2.24. The lowest BCUT2D eigenvalue weighted by Gasteiger charge is -2.16. The number of aryl methyl sites for hydroxylation is 2. The molecule has 1 amide bonds. The van der Waals surface area contributed by atoms with Crippen LogP contribution in [0.2, 0.25) is 0 Å². The number of primary amides is 1. The van der Waals surface area contributed by atoms with E-state index in [9.17, 15) is 4.79 Å². The molecule has 0 aliphatic carbocycles. The number of para-hydroxylation sites is 1. The van der Waals surface area contributed by atoms with Crippen LogP contribution in [-0.2, 0) is 19.4 Å². The van der Waals surface area contributed by atoms with Crippen molar-refractivity contribution in [1.82, 2.24) is 9.88 Å². The van der Waals surface area contributed by atoms with E-state index >= 15 is 0 Å². The number of aliphatic hydroxyl groups is 1. The number of hydrogen-bond donors (Lipinski definition) is 3. The van der Waals surface area contributed by atoms with Gasteiger partial charge in [-0.15, -0.1) is 0 Å². The van der Waals surface area contributed by atoms with Gasteiger partial charge in [0, 0.05) is 37.3 Å². The van der Waals surface area contributed by atoms with Gasteiger partial charge in [-0.1, -0.05) is 25.1 Å². The van der Waals surface area contributed by atoms with E-state index in [0.717, 1.165) is 41.6 Å². The van der Waals surface area contributed by atoms with Crippen molar-refractivity contribution >= 4 is 16.8 Å². The van der Waals surface area contributed by atoms with Crippen LogP contribution >= 0.6 is 0 Å². The Kier molecular flexibility index (Phi) is 8.09. The third kappa shape index (κ3) is 5.87. The Bertz CT molecular complexity index is 1010. The number of ether oxygens (including phenoxy) is 1. The van der Waals surface area contributed by atoms with Gasteiger partial charge in [-0.2, -0.15) is 0 Å². The van der Waals surface area contributed by atoms with Crippen molar-refractivity contribution in [2.24, 2.45) is 5.73 Å². The number of aromatic nitrogens is 1. The SMILES string of the molecule is CCc1ccccc1OCCN[C@H](C)Cc1cc(C(N)=O)c2c(ccn2CCCO)c1. The maximum atomic E-state index is 12.1. The number of carbonyl (C=O) groups excluding carboxylic acids is 1. The quantitative estimate of drug-likeness (QED) is 0.390. The van der Waals surface area contributed by atoms with E-state index in [2.05, 4.69) is 31.3 Å². The second-order valence-electron chi connectivity index (χ2n) is 7.90. The fourth-order valence-corrected chi connectivity index (χ4v) is 3.97. The van der Waals surface area contributed by atoms with Crippen LogP contribution in [0.15, 0.2) is 48.7 Å². The molecule has 1 aromatic heterocycles. The van der Waals surface area contributed by atoms with Crippen LogP contribution in [0.1, 0.15) is 41.8 Å². The summed E-state index contributed by atoms with van der Waals surface area (Å²) in [6, 6.07) is 14.4. The third-order valence-corrected chi connectivity index (χ3v) is 5.49. The minimum Gasteiger partial charge on any atom is -0.492 e. The standard InChI is InChI=1S/C25H33N3O3/c1-3-20-7-4-5-8-23(20)31-14-10-27-18(2)15-19-16-21-9-12-28(11-6-13-29)24(21)22(17-19)25(26)30/h4-5,7-9,12,16-18,27,29H,3,6,10-11,13-15H2,1-2H3,(H2,26,30)/t18-/m1/s1. The van der Waals surface area contributed by atoms with Crippen molar-refractivity contribution in [2.75, 3.05) is 19.8 Å². The van der Waals surface area contributed by atoms with Gasteiger partial charge in [-0.3, -0.25) is 4.79 Å². The maximum absolute atomic E-state index is 12.1. The molecule has 0 aliphatic rings. The Hall–Kier alpha value is -2.83. The number of fused-ring (bicyclic) bond motifs is 1. The van der Waals surface area contributed by atoms with Crippen molar-refractivity contribution in [3.63, 3.8) is 0 Å². The Labute approximate surface area is 184 Å². The molecule has 0 saturated heterocycles. The van der Waals surface area contributed by atoms with Crippen molar-refractivity contribution in [3.8, 4) is 5.75 Å². The minimum absolute atomic E-state index is 0.112. The van der Waals surface area contributed by atoms with Gasteiger partial charge in [0.2, 0.25) is 0 Å². The van der Waals surface area contributed by atoms with Gasteiger partial charge in [-0.05, 0) is 61.6 Å². The zero-order valence-electron chi connectivity index (χ0n) is 18.4. The summed E-state index contributed by atoms with van der Waals surface area (Å²) in [6.07, 6.45) is 4.31. The predicted octanol–water partition coefficient (Wildman–Crippen LogP) is 3.28. The van der Waals surface area contributed by atoms with E-state index < -0.39 is 5.91 Å². The molecule has 1 atom stereocenters. The summed E-state index contributed by atoms with van der Waals surface area (Å²) in [4.78, 5) is 12.1. The van der Waals surface area contributed by atoms with Gasteiger partial charge in [0.1, 0.15) is 12.4 Å². The Morgan fingerprint density at radius 1 is 1.26 bits per heavy atom. The molecule has 0 bridgehead atoms. The first-order valence-electron chi connectivity index (χ1n) is 11.0. The summed E-state index contributed by atoms with van der Waals surface area (Å²) in [5.41, 5.74) is 9.33. The summed E-state index contributed by atoms with van der Waals surface area (Å²) < 4.78 is 7.92. The monoisotopic (exact) mass is 423 g/mol. The number of rotatable bonds is 12. The van der Waals surface area contributed by atoms with Crippen LogP contribution in [0.3, 0.4) is 0 Å². The zero-order chi connectivity index (χ0) is 22.2. The molecule has 6 nitrogen and oxygen atoms in total. The number of nitrogens with one attached hydrogen (secondary N) is 1. The Morgan fingerprint density at radius 3 is 2.81 bits per heavy atom. The maximum Gasteiger partial charge on any atom is 0.250 e. The van der Waals surface area contributed by atoms with Crippen molar-refractivity contribution in [3.05, 3.63) is 65.4 Å². The smallest absolute Gasteiger partial charge is 0.250 e. The molecule has 3 rings (SSSR count). The number of carbonyl (C=O) groups is 1. The summed E-state index contributed by atoms with van der Waals surface area (Å²) in [5.74, 6) is 0.515. The fraction of sp³-hybridized carbons (Fsp3) is 0.400. The van der Waals surface area contributed by atoms with E-state index in [4.69, 9.17) is 15.6 Å². The first-order valence-corrected chi connectivity index (χ1v) is 11.0. The normalized spacial score (nSPS) is 12.2. The summed E-state index contributed by atoms with van der Waals surface area (Å²) in [5, 5.41) is 13.6. The van der Waals surface area contributed by atoms with Crippen LogP contribution in [0, 0.1) is 0 Å². The van der Waals surface area contributed by atoms with Gasteiger partial charge in [0.05, 0.1) is 11.1 Å². The molecular formula is C25H33N3O3. The lowest BCUT2D eigenvalue weighted by Crippen LogP contribution is -2.32. The second-order valence-corrected chi connectivity index (χ2v) is 7.90. The van der Waals surface area contributed by atoms with Crippen LogP contribution in [0.5, 0.6) is 5.75 Å². The van der Waals surface area contributed by atoms with Crippen molar-refractivity contribution in [1.29, 1.82) is 0 Å². The van der Waals surface area contributed by atoms with E-state index in [-0.39, 0.29) is 12.6 Å². The highest BCUT2D eigenvalue weighted by atomic mass is 16.5. The molecule has 1 heterocycles. The molecule has 31 heavy (non-hydrogen) atoms. The molecular weight excluding hydrogens is 390 g/mol. The molecule has 166 valence electrons. The Morgan fingerprint density at radius 2 is 2.06 bits per heavy atom. The Balaban J connectivity index is 1.61. The first kappa shape index (κ1) is 22.8. The van der Waals surface area contributed by atoms with Crippen LogP contribution in [0.4, 0.5) is 0 Å². The molecule has 2 aromatic carbocycles. The summed E-state index contributed by atoms with van der Waals surface area (Å²) >= 11 is 0. The van der Waals surface area contributed by atoms with Gasteiger partial charge < -0.3 is 25.5 Å². The highest BCUT2D eigenvalue weighted by Gasteiger charge is 2.14. The molecule has 3 aromatic rings. The zero-order valence-corrected chi connectivity index (χ0v) is 18.4. The lowest BCUT2D eigenvalue weighted by atomic mass is 10.0. The van der Waals surface area contributed by atoms with Crippen molar-refractivity contribution < 1.29 is 14.6 Å². The highest BCUT2D eigenvalue weighted by molar-refractivity contribution is 6.05. The molecule has 0 saturated carbocycles. The lowest BCUT2D eigenvalue weighted by molar-refractivity contribution is 0.100. The van der Waals surface area contributed by atoms with Crippen LogP contribution in [0.25, 0.3) is 10.9 Å². The average molecular weight is 424 g/mol. The molecule has 4 N–H and O–H groups in total. The van der Waals surface area contributed by atoms with E-state index in [1.807, 2.05) is 41.1 Å². The number of nitrogens with zero attached hydrogens (tertiary/aromatic N) is 1. The van der Waals surface area contributed by atoms with Gasteiger partial charge in [0.25, 0.3) is 5.91 Å². The fourth-order valence-electron chi connectivity index (χ4n) is 3.97. The molecule has 0 fully saturated rings. The number of hydrogen-bond acceptors (Lipinski definition) is 4. The van der Waals surface area contributed by atoms with Gasteiger partial charge in [-0.25, -0.2) is 0 Å². The van der Waals surface area contributed by atoms with E-state index in [1.54, 1.807) is 0 Å².